The number of aromatic nitrogens is 1. The predicted molar refractivity (Wildman–Crippen MR) is 53.3 cm³/mol. The lowest BCUT2D eigenvalue weighted by Crippen LogP contribution is -2.19. The van der Waals surface area contributed by atoms with Crippen molar-refractivity contribution in [2.75, 3.05) is 6.61 Å². The maximum absolute atomic E-state index is 12.0. The number of ether oxygens (including phenoxy) is 1. The van der Waals surface area contributed by atoms with E-state index in [1.807, 2.05) is 0 Å². The molecule has 0 N–H and O–H groups in total. The summed E-state index contributed by atoms with van der Waals surface area (Å²) in [5.41, 5.74) is 0. The van der Waals surface area contributed by atoms with Gasteiger partial charge in [0.15, 0.2) is 6.61 Å². The first kappa shape index (κ1) is 10.7. The quantitative estimate of drug-likeness (QED) is 0.786. The van der Waals surface area contributed by atoms with Crippen LogP contribution in [0.1, 0.15) is 0 Å². The summed E-state index contributed by atoms with van der Waals surface area (Å²) in [4.78, 5) is 3.79. The second-order valence-electron chi connectivity index (χ2n) is 3.24. The van der Waals surface area contributed by atoms with Crippen LogP contribution >= 0.6 is 0 Å². The van der Waals surface area contributed by atoms with Crippen molar-refractivity contribution in [1.82, 2.24) is 4.98 Å². The molecule has 0 amide bonds. The molecule has 0 saturated carbocycles. The Morgan fingerprint density at radius 1 is 1.12 bits per heavy atom. The van der Waals surface area contributed by atoms with Gasteiger partial charge in [-0.15, -0.1) is 0 Å². The summed E-state index contributed by atoms with van der Waals surface area (Å²) in [5.74, 6) is 0.00965. The number of benzene rings is 1. The molecule has 2 aromatic rings. The van der Waals surface area contributed by atoms with Gasteiger partial charge in [-0.2, -0.15) is 13.2 Å². The molecule has 0 unspecified atom stereocenters. The highest BCUT2D eigenvalue weighted by atomic mass is 19.4. The monoisotopic (exact) mass is 227 g/mol. The molecule has 0 aliphatic carbocycles. The largest absolute Gasteiger partial charge is 0.468 e. The number of halogens is 3. The molecule has 0 saturated heterocycles. The first-order chi connectivity index (χ1) is 7.56. The lowest BCUT2D eigenvalue weighted by atomic mass is 10.2. The van der Waals surface area contributed by atoms with Crippen molar-refractivity contribution in [3.63, 3.8) is 0 Å². The topological polar surface area (TPSA) is 22.1 Å². The van der Waals surface area contributed by atoms with Crippen molar-refractivity contribution in [2.24, 2.45) is 0 Å². The molecule has 0 aliphatic rings. The molecule has 2 nitrogen and oxygen atoms in total. The number of hydrogen-bond donors (Lipinski definition) is 0. The summed E-state index contributed by atoms with van der Waals surface area (Å²) < 4.78 is 40.6. The van der Waals surface area contributed by atoms with Crippen LogP contribution < -0.4 is 4.74 Å². The second kappa shape index (κ2) is 4.00. The summed E-state index contributed by atoms with van der Waals surface area (Å²) in [7, 11) is 0. The van der Waals surface area contributed by atoms with Crippen molar-refractivity contribution in [1.29, 1.82) is 0 Å². The summed E-state index contributed by atoms with van der Waals surface area (Å²) in [5, 5.41) is 1.38. The van der Waals surface area contributed by atoms with Crippen LogP contribution in [0.25, 0.3) is 10.8 Å². The molecule has 2 rings (SSSR count). The summed E-state index contributed by atoms with van der Waals surface area (Å²) >= 11 is 0. The third-order valence-corrected chi connectivity index (χ3v) is 2.01. The van der Waals surface area contributed by atoms with Gasteiger partial charge >= 0.3 is 6.18 Å². The van der Waals surface area contributed by atoms with Gasteiger partial charge in [0.1, 0.15) is 0 Å². The van der Waals surface area contributed by atoms with Gasteiger partial charge in [0.05, 0.1) is 0 Å². The van der Waals surface area contributed by atoms with E-state index in [-0.39, 0.29) is 5.88 Å². The van der Waals surface area contributed by atoms with E-state index in [1.54, 1.807) is 30.3 Å². The van der Waals surface area contributed by atoms with E-state index in [0.29, 0.717) is 5.39 Å². The molecule has 0 radical (unpaired) electrons. The third kappa shape index (κ3) is 2.42. The van der Waals surface area contributed by atoms with E-state index in [9.17, 15) is 13.2 Å². The van der Waals surface area contributed by atoms with E-state index in [0.717, 1.165) is 5.39 Å². The highest BCUT2D eigenvalue weighted by Crippen LogP contribution is 2.24. The van der Waals surface area contributed by atoms with Crippen LogP contribution in [0.3, 0.4) is 0 Å². The highest BCUT2D eigenvalue weighted by molar-refractivity contribution is 5.86. The van der Waals surface area contributed by atoms with Crippen LogP contribution in [0.5, 0.6) is 5.88 Å². The average Bonchev–Trinajstić information content (AvgIpc) is 2.25. The Hall–Kier alpha value is -1.78. The fourth-order valence-electron chi connectivity index (χ4n) is 1.36. The number of fused-ring (bicyclic) bond motifs is 1. The standard InChI is InChI=1S/C11H8F3NO/c12-11(13,14)7-16-10-9-4-2-1-3-8(9)5-6-15-10/h1-6H,7H2. The minimum Gasteiger partial charge on any atom is -0.468 e. The lowest BCUT2D eigenvalue weighted by Gasteiger charge is -2.09. The Labute approximate surface area is 89.7 Å². The van der Waals surface area contributed by atoms with Gasteiger partial charge in [-0.1, -0.05) is 18.2 Å². The van der Waals surface area contributed by atoms with Crippen molar-refractivity contribution in [3.8, 4) is 5.88 Å². The zero-order valence-electron chi connectivity index (χ0n) is 8.16. The lowest BCUT2D eigenvalue weighted by molar-refractivity contribution is -0.153. The highest BCUT2D eigenvalue weighted by Gasteiger charge is 2.28. The van der Waals surface area contributed by atoms with Gasteiger partial charge in [0, 0.05) is 11.6 Å². The van der Waals surface area contributed by atoms with Crippen molar-refractivity contribution >= 4 is 10.8 Å². The van der Waals surface area contributed by atoms with Gasteiger partial charge in [-0.25, -0.2) is 4.98 Å². The van der Waals surface area contributed by atoms with Crippen LogP contribution in [0.15, 0.2) is 36.5 Å². The number of nitrogens with zero attached hydrogens (tertiary/aromatic N) is 1. The molecule has 16 heavy (non-hydrogen) atoms. The second-order valence-corrected chi connectivity index (χ2v) is 3.24. The molecule has 1 aromatic heterocycles. The van der Waals surface area contributed by atoms with Gasteiger partial charge in [0.2, 0.25) is 5.88 Å². The zero-order chi connectivity index (χ0) is 11.6. The first-order valence-corrected chi connectivity index (χ1v) is 4.59. The van der Waals surface area contributed by atoms with Crippen molar-refractivity contribution in [3.05, 3.63) is 36.5 Å². The van der Waals surface area contributed by atoms with Crippen LogP contribution in [0.4, 0.5) is 13.2 Å². The molecule has 0 aliphatic heterocycles. The van der Waals surface area contributed by atoms with Crippen LogP contribution in [0.2, 0.25) is 0 Å². The Balaban J connectivity index is 2.30. The Morgan fingerprint density at radius 3 is 2.62 bits per heavy atom. The molecule has 1 aromatic carbocycles. The normalized spacial score (nSPS) is 11.7. The Kier molecular flexibility index (Phi) is 2.68. The number of pyridine rings is 1. The fraction of sp³-hybridized carbons (Fsp3) is 0.182. The molecule has 84 valence electrons. The maximum atomic E-state index is 12.0. The molecule has 0 atom stereocenters. The molecule has 0 bridgehead atoms. The Morgan fingerprint density at radius 2 is 1.88 bits per heavy atom. The summed E-state index contributed by atoms with van der Waals surface area (Å²) in [6, 6.07) is 8.71. The van der Waals surface area contributed by atoms with E-state index in [1.165, 1.54) is 6.20 Å². The minimum atomic E-state index is -4.35. The summed E-state index contributed by atoms with van der Waals surface area (Å²) in [6.07, 6.45) is -2.92. The summed E-state index contributed by atoms with van der Waals surface area (Å²) in [6.45, 7) is -1.33. The van der Waals surface area contributed by atoms with Gasteiger partial charge in [-0.3, -0.25) is 0 Å². The number of alkyl halides is 3. The fourth-order valence-corrected chi connectivity index (χ4v) is 1.36. The van der Waals surface area contributed by atoms with Crippen molar-refractivity contribution in [2.45, 2.75) is 6.18 Å². The SMILES string of the molecule is FC(F)(F)COc1nccc2ccccc12. The third-order valence-electron chi connectivity index (χ3n) is 2.01. The predicted octanol–water partition coefficient (Wildman–Crippen LogP) is 3.18. The molecule has 0 fully saturated rings. The zero-order valence-corrected chi connectivity index (χ0v) is 8.16. The van der Waals surface area contributed by atoms with Gasteiger partial charge in [-0.05, 0) is 17.5 Å². The van der Waals surface area contributed by atoms with Gasteiger partial charge in [0.25, 0.3) is 0 Å². The minimum absolute atomic E-state index is 0.00965. The molecular formula is C11H8F3NO. The van der Waals surface area contributed by atoms with E-state index >= 15 is 0 Å². The van der Waals surface area contributed by atoms with Crippen LogP contribution in [-0.2, 0) is 0 Å². The molecular weight excluding hydrogens is 219 g/mol. The van der Waals surface area contributed by atoms with Gasteiger partial charge < -0.3 is 4.74 Å². The Bertz CT molecular complexity index is 491. The van der Waals surface area contributed by atoms with Crippen LogP contribution in [0, 0.1) is 0 Å². The van der Waals surface area contributed by atoms with Crippen LogP contribution in [-0.4, -0.2) is 17.8 Å². The number of hydrogen-bond acceptors (Lipinski definition) is 2. The number of rotatable bonds is 2. The van der Waals surface area contributed by atoms with E-state index in [4.69, 9.17) is 0 Å². The van der Waals surface area contributed by atoms with Crippen molar-refractivity contribution < 1.29 is 17.9 Å². The van der Waals surface area contributed by atoms with E-state index in [2.05, 4.69) is 9.72 Å². The van der Waals surface area contributed by atoms with E-state index < -0.39 is 12.8 Å². The molecule has 1 heterocycles. The molecule has 0 spiro atoms. The first-order valence-electron chi connectivity index (χ1n) is 4.59. The molecule has 5 heteroatoms. The maximum Gasteiger partial charge on any atom is 0.422 e. The average molecular weight is 227 g/mol. The smallest absolute Gasteiger partial charge is 0.422 e.